The van der Waals surface area contributed by atoms with Gasteiger partial charge in [-0.15, -0.1) is 0 Å². The Kier molecular flexibility index (Phi) is 5.87. The largest absolute Gasteiger partial charge is 0.452 e. The lowest BCUT2D eigenvalue weighted by Gasteiger charge is -2.32. The molecule has 3 rings (SSSR count). The lowest BCUT2D eigenvalue weighted by atomic mass is 9.99. The number of rotatable bonds is 6. The van der Waals surface area contributed by atoms with E-state index in [1.165, 1.54) is 24.5 Å². The molecule has 0 bridgehead atoms. The average molecular weight is 388 g/mol. The number of aromatic nitrogens is 1. The fourth-order valence-electron chi connectivity index (χ4n) is 3.14. The van der Waals surface area contributed by atoms with E-state index in [4.69, 9.17) is 4.74 Å². The normalized spacial score (nSPS) is 16.5. The summed E-state index contributed by atoms with van der Waals surface area (Å²) in [7, 11) is 0. The summed E-state index contributed by atoms with van der Waals surface area (Å²) < 4.78 is 9.50. The summed E-state index contributed by atoms with van der Waals surface area (Å²) in [5.41, 5.74) is 0.335. The lowest BCUT2D eigenvalue weighted by Crippen LogP contribution is -2.34. The van der Waals surface area contributed by atoms with E-state index in [9.17, 15) is 19.7 Å². The summed E-state index contributed by atoms with van der Waals surface area (Å²) in [6.45, 7) is 3.02. The number of carbonyl (C=O) groups excluding carboxylic acids is 2. The molecule has 1 aliphatic rings. The number of piperidine rings is 1. The van der Waals surface area contributed by atoms with E-state index in [1.54, 1.807) is 6.07 Å². The third-order valence-electron chi connectivity index (χ3n) is 4.45. The van der Waals surface area contributed by atoms with Gasteiger partial charge in [-0.1, -0.05) is 12.1 Å². The van der Waals surface area contributed by atoms with Crippen molar-refractivity contribution in [2.45, 2.75) is 19.8 Å². The molecule has 1 atom stereocenters. The molecule has 1 fully saturated rings. The van der Waals surface area contributed by atoms with Crippen molar-refractivity contribution >= 4 is 29.1 Å². The second-order valence-corrected chi connectivity index (χ2v) is 6.66. The lowest BCUT2D eigenvalue weighted by molar-refractivity contribution is -0.384. The van der Waals surface area contributed by atoms with Crippen molar-refractivity contribution in [3.8, 4) is 0 Å². The molecule has 0 aliphatic carbocycles. The van der Waals surface area contributed by atoms with Crippen LogP contribution in [0, 0.1) is 16.0 Å². The van der Waals surface area contributed by atoms with Crippen LogP contribution in [0.3, 0.4) is 0 Å². The van der Waals surface area contributed by atoms with Crippen LogP contribution in [-0.2, 0) is 9.53 Å². The van der Waals surface area contributed by atoms with E-state index in [0.29, 0.717) is 11.6 Å². The van der Waals surface area contributed by atoms with Crippen LogP contribution in [0.25, 0.3) is 0 Å². The first-order valence-corrected chi connectivity index (χ1v) is 8.85. The second-order valence-electron chi connectivity index (χ2n) is 6.66. The molecule has 10 nitrogen and oxygen atoms in total. The van der Waals surface area contributed by atoms with Crippen molar-refractivity contribution in [3.63, 3.8) is 0 Å². The van der Waals surface area contributed by atoms with Gasteiger partial charge in [-0.3, -0.25) is 14.9 Å². The van der Waals surface area contributed by atoms with Gasteiger partial charge in [0.25, 0.3) is 11.6 Å². The zero-order chi connectivity index (χ0) is 20.1. The molecule has 1 aromatic heterocycles. The minimum Gasteiger partial charge on any atom is -0.452 e. The molecule has 1 saturated heterocycles. The number of benzene rings is 1. The fourth-order valence-corrected chi connectivity index (χ4v) is 3.14. The highest BCUT2D eigenvalue weighted by Crippen LogP contribution is 2.32. The Bertz CT molecular complexity index is 867. The zero-order valence-electron chi connectivity index (χ0n) is 15.3. The summed E-state index contributed by atoms with van der Waals surface area (Å²) in [5, 5.41) is 17.4. The predicted molar refractivity (Wildman–Crippen MR) is 99.1 cm³/mol. The first-order valence-electron chi connectivity index (χ1n) is 8.85. The highest BCUT2D eigenvalue weighted by Gasteiger charge is 2.25. The molecule has 148 valence electrons. The maximum absolute atomic E-state index is 12.2. The standard InChI is InChI=1S/C18H20N4O6/c1-12-3-2-7-21(10-12)14-5-4-13(9-15(14)22(25)26)18(24)27-11-17(23)19-16-6-8-28-20-16/h4-6,8-9,12H,2-3,7,10-11H2,1H3,(H,19,20,23). The maximum atomic E-state index is 12.2. The fraction of sp³-hybridized carbons (Fsp3) is 0.389. The van der Waals surface area contributed by atoms with Gasteiger partial charge in [0.2, 0.25) is 0 Å². The number of hydrogen-bond acceptors (Lipinski definition) is 8. The van der Waals surface area contributed by atoms with Crippen LogP contribution in [0.15, 0.2) is 35.1 Å². The first-order chi connectivity index (χ1) is 13.4. The van der Waals surface area contributed by atoms with Gasteiger partial charge >= 0.3 is 5.97 Å². The molecule has 1 aliphatic heterocycles. The number of esters is 1. The number of nitrogens with zero attached hydrogens (tertiary/aromatic N) is 3. The summed E-state index contributed by atoms with van der Waals surface area (Å²) in [4.78, 5) is 36.9. The molecule has 2 aromatic rings. The Morgan fingerprint density at radius 1 is 1.43 bits per heavy atom. The van der Waals surface area contributed by atoms with Crippen molar-refractivity contribution in [2.75, 3.05) is 29.9 Å². The molecule has 1 N–H and O–H groups in total. The molecule has 0 saturated carbocycles. The van der Waals surface area contributed by atoms with Gasteiger partial charge in [0.1, 0.15) is 12.0 Å². The van der Waals surface area contributed by atoms with Gasteiger partial charge in [0, 0.05) is 25.2 Å². The van der Waals surface area contributed by atoms with Gasteiger partial charge in [0.15, 0.2) is 12.4 Å². The Morgan fingerprint density at radius 3 is 2.93 bits per heavy atom. The quantitative estimate of drug-likeness (QED) is 0.454. The molecular formula is C18H20N4O6. The summed E-state index contributed by atoms with van der Waals surface area (Å²) in [6, 6.07) is 5.65. The first kappa shape index (κ1) is 19.3. The number of carbonyl (C=O) groups is 2. The van der Waals surface area contributed by atoms with E-state index in [2.05, 4.69) is 21.9 Å². The van der Waals surface area contributed by atoms with Gasteiger partial charge < -0.3 is 19.5 Å². The monoisotopic (exact) mass is 388 g/mol. The minimum absolute atomic E-state index is 0.00902. The SMILES string of the molecule is CC1CCCN(c2ccc(C(=O)OCC(=O)Nc3ccon3)cc2[N+](=O)[O-])C1. The molecular weight excluding hydrogens is 368 g/mol. The number of anilines is 2. The van der Waals surface area contributed by atoms with Crippen molar-refractivity contribution in [1.82, 2.24) is 5.16 Å². The highest BCUT2D eigenvalue weighted by molar-refractivity contribution is 5.95. The van der Waals surface area contributed by atoms with Crippen LogP contribution in [0.5, 0.6) is 0 Å². The third-order valence-corrected chi connectivity index (χ3v) is 4.45. The Labute approximate surface area is 160 Å². The van der Waals surface area contributed by atoms with Crippen LogP contribution in [0.2, 0.25) is 0 Å². The number of nitrogens with one attached hydrogen (secondary N) is 1. The van der Waals surface area contributed by atoms with Crippen molar-refractivity contribution < 1.29 is 23.8 Å². The van der Waals surface area contributed by atoms with Crippen molar-refractivity contribution in [1.29, 1.82) is 0 Å². The van der Waals surface area contributed by atoms with Crippen LogP contribution < -0.4 is 10.2 Å². The van der Waals surface area contributed by atoms with Gasteiger partial charge in [-0.25, -0.2) is 4.79 Å². The van der Waals surface area contributed by atoms with E-state index in [1.807, 2.05) is 4.90 Å². The average Bonchev–Trinajstić information content (AvgIpc) is 3.18. The summed E-state index contributed by atoms with van der Waals surface area (Å²) >= 11 is 0. The maximum Gasteiger partial charge on any atom is 0.338 e. The van der Waals surface area contributed by atoms with E-state index >= 15 is 0 Å². The molecule has 0 spiro atoms. The van der Waals surface area contributed by atoms with Crippen LogP contribution in [-0.4, -0.2) is 41.7 Å². The van der Waals surface area contributed by atoms with E-state index in [-0.39, 0.29) is 17.1 Å². The van der Waals surface area contributed by atoms with Gasteiger partial charge in [-0.05, 0) is 30.9 Å². The number of amides is 1. The highest BCUT2D eigenvalue weighted by atomic mass is 16.6. The third kappa shape index (κ3) is 4.64. The number of hydrogen-bond donors (Lipinski definition) is 1. The van der Waals surface area contributed by atoms with Crippen LogP contribution >= 0.6 is 0 Å². The van der Waals surface area contributed by atoms with Crippen molar-refractivity contribution in [2.24, 2.45) is 5.92 Å². The molecule has 1 unspecified atom stereocenters. The van der Waals surface area contributed by atoms with Crippen molar-refractivity contribution in [3.05, 3.63) is 46.2 Å². The smallest absolute Gasteiger partial charge is 0.338 e. The topological polar surface area (TPSA) is 128 Å². The Balaban J connectivity index is 1.67. The van der Waals surface area contributed by atoms with Gasteiger partial charge in [-0.2, -0.15) is 0 Å². The number of nitro groups is 1. The molecule has 28 heavy (non-hydrogen) atoms. The van der Waals surface area contributed by atoms with E-state index < -0.39 is 23.4 Å². The molecule has 2 heterocycles. The second kappa shape index (κ2) is 8.51. The van der Waals surface area contributed by atoms with Crippen LogP contribution in [0.4, 0.5) is 17.2 Å². The minimum atomic E-state index is -0.822. The summed E-state index contributed by atoms with van der Waals surface area (Å²) in [5.74, 6) is -0.786. The molecule has 1 amide bonds. The number of ether oxygens (including phenoxy) is 1. The Hall–Kier alpha value is -3.43. The van der Waals surface area contributed by atoms with Crippen LogP contribution in [0.1, 0.15) is 30.1 Å². The molecule has 1 aromatic carbocycles. The van der Waals surface area contributed by atoms with E-state index in [0.717, 1.165) is 25.9 Å². The zero-order valence-corrected chi connectivity index (χ0v) is 15.3. The summed E-state index contributed by atoms with van der Waals surface area (Å²) in [6.07, 6.45) is 3.33. The Morgan fingerprint density at radius 2 is 2.25 bits per heavy atom. The molecule has 10 heteroatoms. The number of nitro benzene ring substituents is 1. The predicted octanol–water partition coefficient (Wildman–Crippen LogP) is 2.61. The molecule has 0 radical (unpaired) electrons. The van der Waals surface area contributed by atoms with Gasteiger partial charge in [0.05, 0.1) is 10.5 Å².